The van der Waals surface area contributed by atoms with Gasteiger partial charge in [0.25, 0.3) is 0 Å². The maximum atomic E-state index is 12.3. The Morgan fingerprint density at radius 2 is 1.90 bits per heavy atom. The number of Topliss-reactive ketones (excluding diaryl/α,β-unsaturated/α-hetero) is 1. The number of carbonyl (C=O) groups excluding carboxylic acids is 1. The van der Waals surface area contributed by atoms with E-state index in [0.717, 1.165) is 18.4 Å². The van der Waals surface area contributed by atoms with Crippen molar-refractivity contribution in [3.63, 3.8) is 0 Å². The second-order valence-corrected chi connectivity index (χ2v) is 5.53. The van der Waals surface area contributed by atoms with E-state index in [1.165, 1.54) is 16.8 Å². The van der Waals surface area contributed by atoms with E-state index in [0.29, 0.717) is 6.42 Å². The highest BCUT2D eigenvalue weighted by Crippen LogP contribution is 2.26. The lowest BCUT2D eigenvalue weighted by molar-refractivity contribution is 0.0975. The second-order valence-electron chi connectivity index (χ2n) is 5.53. The first-order chi connectivity index (χ1) is 9.72. The number of hydrogen-bond donors (Lipinski definition) is 1. The lowest BCUT2D eigenvalue weighted by Gasteiger charge is -2.26. The lowest BCUT2D eigenvalue weighted by atomic mass is 9.93. The highest BCUT2D eigenvalue weighted by Gasteiger charge is 2.20. The van der Waals surface area contributed by atoms with Crippen LogP contribution in [0.25, 0.3) is 0 Å². The Labute approximate surface area is 119 Å². The highest BCUT2D eigenvalue weighted by atomic mass is 16.1. The van der Waals surface area contributed by atoms with E-state index >= 15 is 0 Å². The van der Waals surface area contributed by atoms with E-state index in [-0.39, 0.29) is 11.8 Å². The Hall–Kier alpha value is -2.09. The quantitative estimate of drug-likeness (QED) is 0.850. The number of aryl methyl sites for hydroxylation is 2. The number of fused-ring (bicyclic) bond motifs is 1. The first-order valence-electron chi connectivity index (χ1n) is 7.17. The molecule has 0 aromatic heterocycles. The topological polar surface area (TPSA) is 29.1 Å². The molecule has 3 rings (SSSR count). The van der Waals surface area contributed by atoms with Crippen LogP contribution in [0.1, 0.15) is 34.3 Å². The number of hydrogen-bond acceptors (Lipinski definition) is 2. The van der Waals surface area contributed by atoms with Gasteiger partial charge < -0.3 is 5.32 Å². The largest absolute Gasteiger partial charge is 0.382 e. The molecule has 0 fully saturated rings. The van der Waals surface area contributed by atoms with E-state index in [1.807, 2.05) is 37.3 Å². The molecular formula is C18H19NO. The van der Waals surface area contributed by atoms with Crippen LogP contribution in [0.3, 0.4) is 0 Å². The Balaban J connectivity index is 1.67. The number of ketones is 1. The minimum Gasteiger partial charge on any atom is -0.382 e. The smallest absolute Gasteiger partial charge is 0.164 e. The number of rotatable bonds is 3. The van der Waals surface area contributed by atoms with Crippen LogP contribution in [0, 0.1) is 6.92 Å². The molecule has 1 heterocycles. The van der Waals surface area contributed by atoms with Gasteiger partial charge in [0, 0.05) is 23.7 Å². The van der Waals surface area contributed by atoms with Gasteiger partial charge in [-0.15, -0.1) is 0 Å². The zero-order valence-electron chi connectivity index (χ0n) is 11.7. The van der Waals surface area contributed by atoms with Crippen molar-refractivity contribution in [3.05, 3.63) is 65.2 Å². The zero-order valence-corrected chi connectivity index (χ0v) is 11.7. The summed E-state index contributed by atoms with van der Waals surface area (Å²) in [5.74, 6) is 0.224. The molecule has 0 unspecified atom stereocenters. The molecule has 0 radical (unpaired) electrons. The molecule has 20 heavy (non-hydrogen) atoms. The molecule has 102 valence electrons. The van der Waals surface area contributed by atoms with Gasteiger partial charge in [-0.1, -0.05) is 48.0 Å². The van der Waals surface area contributed by atoms with Crippen molar-refractivity contribution >= 4 is 11.5 Å². The average Bonchev–Trinajstić information content (AvgIpc) is 2.48. The number of nitrogens with one attached hydrogen (secondary N) is 1. The lowest BCUT2D eigenvalue weighted by Crippen LogP contribution is -2.28. The van der Waals surface area contributed by atoms with Crippen LogP contribution in [0.15, 0.2) is 48.5 Å². The average molecular weight is 265 g/mol. The van der Waals surface area contributed by atoms with Crippen molar-refractivity contribution in [2.75, 3.05) is 5.32 Å². The number of anilines is 1. The van der Waals surface area contributed by atoms with Crippen molar-refractivity contribution in [1.82, 2.24) is 0 Å². The standard InChI is InChI=1S/C18H19NO/c1-13-6-8-15(9-7-13)18(20)12-16-11-10-14-4-2-3-5-17(14)19-16/h2-9,16,19H,10-12H2,1H3/t16-/m1/s1. The molecule has 1 N–H and O–H groups in total. The maximum Gasteiger partial charge on any atom is 0.164 e. The van der Waals surface area contributed by atoms with Gasteiger partial charge in [-0.25, -0.2) is 0 Å². The van der Waals surface area contributed by atoms with E-state index in [9.17, 15) is 4.79 Å². The molecule has 1 aliphatic heterocycles. The summed E-state index contributed by atoms with van der Waals surface area (Å²) in [5, 5.41) is 3.49. The third kappa shape index (κ3) is 2.74. The van der Waals surface area contributed by atoms with E-state index in [4.69, 9.17) is 0 Å². The first kappa shape index (κ1) is 12.9. The molecule has 1 aliphatic rings. The van der Waals surface area contributed by atoms with Crippen molar-refractivity contribution < 1.29 is 4.79 Å². The third-order valence-corrected chi connectivity index (χ3v) is 3.94. The van der Waals surface area contributed by atoms with Crippen LogP contribution >= 0.6 is 0 Å². The summed E-state index contributed by atoms with van der Waals surface area (Å²) in [6, 6.07) is 16.4. The zero-order chi connectivity index (χ0) is 13.9. The predicted molar refractivity (Wildman–Crippen MR) is 82.3 cm³/mol. The highest BCUT2D eigenvalue weighted by molar-refractivity contribution is 5.96. The summed E-state index contributed by atoms with van der Waals surface area (Å²) in [7, 11) is 0. The van der Waals surface area contributed by atoms with Crippen LogP contribution in [0.4, 0.5) is 5.69 Å². The van der Waals surface area contributed by atoms with Crippen molar-refractivity contribution in [2.45, 2.75) is 32.2 Å². The molecule has 0 saturated carbocycles. The summed E-state index contributed by atoms with van der Waals surface area (Å²) < 4.78 is 0. The number of para-hydroxylation sites is 1. The molecule has 0 bridgehead atoms. The summed E-state index contributed by atoms with van der Waals surface area (Å²) >= 11 is 0. The van der Waals surface area contributed by atoms with Gasteiger partial charge in [0.1, 0.15) is 0 Å². The van der Waals surface area contributed by atoms with Gasteiger partial charge in [-0.2, -0.15) is 0 Å². The Morgan fingerprint density at radius 3 is 2.70 bits per heavy atom. The Morgan fingerprint density at radius 1 is 1.15 bits per heavy atom. The van der Waals surface area contributed by atoms with Crippen LogP contribution in [-0.2, 0) is 6.42 Å². The summed E-state index contributed by atoms with van der Waals surface area (Å²) in [6.45, 7) is 2.04. The Kier molecular flexibility index (Phi) is 3.55. The van der Waals surface area contributed by atoms with Crippen LogP contribution in [0.5, 0.6) is 0 Å². The molecule has 0 aliphatic carbocycles. The van der Waals surface area contributed by atoms with Gasteiger partial charge in [-0.3, -0.25) is 4.79 Å². The Bertz CT molecular complexity index is 616. The van der Waals surface area contributed by atoms with Crippen molar-refractivity contribution in [3.8, 4) is 0 Å². The van der Waals surface area contributed by atoms with Crippen LogP contribution in [0.2, 0.25) is 0 Å². The maximum absolute atomic E-state index is 12.3. The summed E-state index contributed by atoms with van der Waals surface area (Å²) in [4.78, 5) is 12.3. The fraction of sp³-hybridized carbons (Fsp3) is 0.278. The van der Waals surface area contributed by atoms with Crippen molar-refractivity contribution in [1.29, 1.82) is 0 Å². The molecule has 0 amide bonds. The fourth-order valence-corrected chi connectivity index (χ4v) is 2.74. The fourth-order valence-electron chi connectivity index (χ4n) is 2.74. The minimum absolute atomic E-state index is 0.224. The molecule has 2 nitrogen and oxygen atoms in total. The number of carbonyl (C=O) groups is 1. The molecule has 1 atom stereocenters. The molecule has 2 heteroatoms. The van der Waals surface area contributed by atoms with E-state index < -0.39 is 0 Å². The molecule has 2 aromatic carbocycles. The van der Waals surface area contributed by atoms with Gasteiger partial charge in [0.05, 0.1) is 0 Å². The predicted octanol–water partition coefficient (Wildman–Crippen LogP) is 3.99. The van der Waals surface area contributed by atoms with Crippen LogP contribution < -0.4 is 5.32 Å². The molecule has 0 spiro atoms. The SMILES string of the molecule is Cc1ccc(C(=O)C[C@H]2CCc3ccccc3N2)cc1. The van der Waals surface area contributed by atoms with Crippen LogP contribution in [-0.4, -0.2) is 11.8 Å². The monoisotopic (exact) mass is 265 g/mol. The van der Waals surface area contributed by atoms with Gasteiger partial charge >= 0.3 is 0 Å². The molecule has 0 saturated heterocycles. The molecule has 2 aromatic rings. The van der Waals surface area contributed by atoms with Gasteiger partial charge in [0.2, 0.25) is 0 Å². The normalized spacial score (nSPS) is 17.1. The van der Waals surface area contributed by atoms with Gasteiger partial charge in [0.15, 0.2) is 5.78 Å². The summed E-state index contributed by atoms with van der Waals surface area (Å²) in [6.07, 6.45) is 2.64. The number of benzene rings is 2. The minimum atomic E-state index is 0.224. The van der Waals surface area contributed by atoms with E-state index in [2.05, 4.69) is 23.5 Å². The van der Waals surface area contributed by atoms with E-state index in [1.54, 1.807) is 0 Å². The first-order valence-corrected chi connectivity index (χ1v) is 7.17. The van der Waals surface area contributed by atoms with Crippen molar-refractivity contribution in [2.24, 2.45) is 0 Å². The summed E-state index contributed by atoms with van der Waals surface area (Å²) in [5.41, 5.74) is 4.54. The molecular weight excluding hydrogens is 246 g/mol. The third-order valence-electron chi connectivity index (χ3n) is 3.94. The van der Waals surface area contributed by atoms with Gasteiger partial charge in [-0.05, 0) is 31.4 Å². The second kappa shape index (κ2) is 5.49.